The predicted molar refractivity (Wildman–Crippen MR) is 368 cm³/mol. The van der Waals surface area contributed by atoms with Crippen molar-refractivity contribution < 1.29 is 32.9 Å². The van der Waals surface area contributed by atoms with Crippen LogP contribution < -0.4 is 0 Å². The third kappa shape index (κ3) is 16.9. The van der Waals surface area contributed by atoms with Crippen LogP contribution in [-0.2, 0) is 23.0 Å². The van der Waals surface area contributed by atoms with E-state index in [1.807, 2.05) is 0 Å². The maximum atomic E-state index is 14.0. The number of hydrogen-bond donors (Lipinski definition) is 1. The number of aliphatic hydroxyl groups excluding tert-OH is 1. The normalized spacial score (nSPS) is 30.4. The van der Waals surface area contributed by atoms with Gasteiger partial charge in [0.1, 0.15) is 6.10 Å². The Kier molecular flexibility index (Phi) is 34.7. The Bertz CT molecular complexity index is 1450. The van der Waals surface area contributed by atoms with Crippen LogP contribution in [0.4, 0.5) is 4.79 Å². The van der Waals surface area contributed by atoms with Crippen molar-refractivity contribution in [3.63, 3.8) is 0 Å². The summed E-state index contributed by atoms with van der Waals surface area (Å²) in [6.07, 6.45) is -0.821. The van der Waals surface area contributed by atoms with Crippen LogP contribution in [0.1, 0.15) is 47.0 Å². The molecule has 1 N–H and O–H groups in total. The highest BCUT2D eigenvalue weighted by atomic mass is 33.2. The first-order chi connectivity index (χ1) is 27.7. The zero-order valence-corrected chi connectivity index (χ0v) is 66.6. The molecule has 39 heteroatoms. The molecule has 0 spiro atoms. The minimum absolute atomic E-state index is 0.00743. The molecule has 0 aromatic heterocycles. The molecule has 31 atom stereocenters. The number of ether oxygens (including phenoxy) is 2. The maximum absolute atomic E-state index is 14.0. The first kappa shape index (κ1) is 66.6. The van der Waals surface area contributed by atoms with Crippen LogP contribution in [0.5, 0.6) is 0 Å². The van der Waals surface area contributed by atoms with E-state index in [-0.39, 0.29) is 24.5 Å². The molecule has 3 rings (SSSR count). The SMILES string of the molecule is C=C(CCCO)[C@@]12OC(=O)O[C@@H]1C1C[C@H](OP(P(P)P(P)P)P(P(P)P)P(P)P)C(C)=C([C@@H](OP(P(P)P)P(PP)P(P)P)[C@H](OP(P(P)P)P(P)P(P)P)[C@H]2C)C1(C)C. The Labute approximate surface area is 418 Å². The Morgan fingerprint density at radius 1 is 0.800 bits per heavy atom. The third-order valence-electron chi connectivity index (χ3n) is 10.1. The lowest BCUT2D eigenvalue weighted by molar-refractivity contribution is -0.111. The minimum Gasteiger partial charge on any atom is -0.426 e. The molecule has 2 fully saturated rings. The molecule has 2 aliphatic carbocycles. The monoisotopic (exact) mass is 1420 g/mol. The second-order valence-corrected chi connectivity index (χ2v) is 129. The number of fused-ring (bicyclic) bond motifs is 4. The molecule has 2 bridgehead atoms. The standard InChI is InChI=1S/C21H64O7P32/c1-10(7-6-8-22)21-12(3)16(27-47(50(30)31)57(44)52(34)35)17(28-48(51(32)33)59(46-29)54(38)39)15-11(2)14(9-13(20(15,4)5)18(21)24-19(23)25-21)26-49(58(45)53(36)37)60(55(40)41)56(42)43/h12-14,16-18,22,46H,1,6-9,29-45H2,2-5H3/t12-,13?,14+,16-,17-,18-,21+,47?,48?,49?,57?,58?,59?/m1/s1. The molecule has 0 radical (unpaired) electrons. The average molecular weight is 1420 g/mol. The lowest BCUT2D eigenvalue weighted by atomic mass is 9.54. The molecule has 7 nitrogen and oxygen atoms in total. The van der Waals surface area contributed by atoms with Gasteiger partial charge in [0.25, 0.3) is 0 Å². The fourth-order valence-corrected chi connectivity index (χ4v) is 213. The molecule has 0 amide bonds. The smallest absolute Gasteiger partial charge is 0.426 e. The van der Waals surface area contributed by atoms with Gasteiger partial charge in [0.2, 0.25) is 0 Å². The van der Waals surface area contributed by atoms with Gasteiger partial charge in [-0.1, -0.05) is 53.2 Å². The molecule has 60 heavy (non-hydrogen) atoms. The van der Waals surface area contributed by atoms with E-state index in [0.717, 1.165) is 5.57 Å². The summed E-state index contributed by atoms with van der Waals surface area (Å²) < 4.78 is 36.9. The Balaban J connectivity index is 2.60. The van der Waals surface area contributed by atoms with Gasteiger partial charge in [-0.15, -0.1) is 134 Å². The Hall–Kier alpha value is 12.3. The van der Waals surface area contributed by atoms with Crippen LogP contribution in [0.3, 0.4) is 0 Å². The molecule has 1 aliphatic heterocycles. The van der Waals surface area contributed by atoms with Gasteiger partial charge in [-0.05, 0) is 97.2 Å². The molecule has 3 aliphatic rings. The van der Waals surface area contributed by atoms with E-state index in [0.29, 0.717) is 27.2 Å². The molecule has 0 aromatic carbocycles. The van der Waals surface area contributed by atoms with E-state index in [1.165, 1.54) is 11.1 Å². The first-order valence-corrected chi connectivity index (χ1v) is 73.1. The highest BCUT2D eigenvalue weighted by Crippen LogP contribution is 3.18. The zero-order chi connectivity index (χ0) is 45.9. The van der Waals surface area contributed by atoms with Crippen LogP contribution in [0.2, 0.25) is 0 Å². The van der Waals surface area contributed by atoms with Crippen LogP contribution in [0, 0.1) is 17.3 Å². The van der Waals surface area contributed by atoms with Gasteiger partial charge in [-0.25, -0.2) is 4.79 Å². The molecule has 0 aromatic rings. The summed E-state index contributed by atoms with van der Waals surface area (Å²) in [4.78, 5) is 14.0. The average Bonchev–Trinajstić information content (AvgIpc) is 3.49. The van der Waals surface area contributed by atoms with Crippen molar-refractivity contribution in [3.8, 4) is 0 Å². The zero-order valence-electron chi connectivity index (χ0n) is 33.5. The van der Waals surface area contributed by atoms with Crippen molar-refractivity contribution in [2.45, 2.75) is 77.0 Å². The molecular weight excluding hydrogens is 1360 g/mol. The van der Waals surface area contributed by atoms with Crippen molar-refractivity contribution in [3.05, 3.63) is 23.3 Å². The van der Waals surface area contributed by atoms with Gasteiger partial charge < -0.3 is 28.2 Å². The molecule has 350 valence electrons. The summed E-state index contributed by atoms with van der Waals surface area (Å²) in [6.45, 7) is 8.43. The van der Waals surface area contributed by atoms with Crippen molar-refractivity contribution in [2.75, 3.05) is 6.61 Å². The van der Waals surface area contributed by atoms with Gasteiger partial charge in [-0.2, -0.15) is 0 Å². The number of carbonyl (C=O) groups is 1. The maximum Gasteiger partial charge on any atom is 0.509 e. The van der Waals surface area contributed by atoms with E-state index in [2.05, 4.69) is 179 Å². The second kappa shape index (κ2) is 31.2. The van der Waals surface area contributed by atoms with Gasteiger partial charge in [0, 0.05) is 46.4 Å². The fraction of sp³-hybridized carbons (Fsp3) is 0.762. The van der Waals surface area contributed by atoms with Crippen LogP contribution in [0.15, 0.2) is 23.3 Å². The van der Waals surface area contributed by atoms with Crippen molar-refractivity contribution in [1.82, 2.24) is 0 Å². The van der Waals surface area contributed by atoms with Crippen molar-refractivity contribution in [2.24, 2.45) is 17.3 Å². The summed E-state index contributed by atoms with van der Waals surface area (Å²) in [7, 11) is 51.1. The van der Waals surface area contributed by atoms with E-state index in [9.17, 15) is 9.90 Å². The lowest BCUT2D eigenvalue weighted by Gasteiger charge is -2.57. The first-order valence-electron chi connectivity index (χ1n) is 17.3. The molecule has 1 heterocycles. The molecule has 1 saturated heterocycles. The molecule has 1 saturated carbocycles. The summed E-state index contributed by atoms with van der Waals surface area (Å²) in [6, 6.07) is 0. The quantitative estimate of drug-likeness (QED) is 0.0657. The van der Waals surface area contributed by atoms with E-state index < -0.39 is 135 Å². The number of aliphatic hydroxyl groups is 1. The Morgan fingerprint density at radius 2 is 1.33 bits per heavy atom. The summed E-state index contributed by atoms with van der Waals surface area (Å²) >= 11 is 0. The van der Waals surface area contributed by atoms with E-state index in [4.69, 9.17) is 29.6 Å². The van der Waals surface area contributed by atoms with Gasteiger partial charge in [-0.3, -0.25) is 0 Å². The Morgan fingerprint density at radius 3 is 1.78 bits per heavy atom. The second-order valence-electron chi connectivity index (χ2n) is 14.0. The van der Waals surface area contributed by atoms with E-state index >= 15 is 0 Å². The van der Waals surface area contributed by atoms with Crippen LogP contribution in [-0.4, -0.2) is 47.9 Å². The van der Waals surface area contributed by atoms with Gasteiger partial charge in [0.05, 0.1) is 34.8 Å². The molecule has 25 unspecified atom stereocenters. The topological polar surface area (TPSA) is 83.5 Å². The summed E-state index contributed by atoms with van der Waals surface area (Å²) in [5.41, 5.74) is 1.51. The van der Waals surface area contributed by atoms with Gasteiger partial charge in [0.15, 0.2) is 11.7 Å². The fourth-order valence-electron chi connectivity index (χ4n) is 7.53. The number of rotatable bonds is 22. The summed E-state index contributed by atoms with van der Waals surface area (Å²) in [5.74, 6) is -0.568. The number of hydrogen-bond acceptors (Lipinski definition) is 7. The predicted octanol–water partition coefficient (Wildman–Crippen LogP) is 21.3. The summed E-state index contributed by atoms with van der Waals surface area (Å²) in [5, 5.41) is 10.2. The van der Waals surface area contributed by atoms with Gasteiger partial charge >= 0.3 is 6.16 Å². The van der Waals surface area contributed by atoms with Crippen LogP contribution in [0.25, 0.3) is 0 Å². The van der Waals surface area contributed by atoms with E-state index in [1.54, 1.807) is 0 Å². The van der Waals surface area contributed by atoms with Crippen LogP contribution >= 0.6 is 259 Å². The third-order valence-corrected chi connectivity index (χ3v) is 168. The highest BCUT2D eigenvalue weighted by Gasteiger charge is 2.68. The lowest BCUT2D eigenvalue weighted by Crippen LogP contribution is -2.63. The minimum atomic E-state index is -1.22. The largest absolute Gasteiger partial charge is 0.509 e. The number of carbonyl (C=O) groups excluding carboxylic acids is 1. The highest BCUT2D eigenvalue weighted by molar-refractivity contribution is 9.19. The van der Waals surface area contributed by atoms with Crippen molar-refractivity contribution in [1.29, 1.82) is 0 Å². The van der Waals surface area contributed by atoms with Crippen molar-refractivity contribution >= 4 is 265 Å². The molecular formula is C21H64O7P32.